The van der Waals surface area contributed by atoms with Gasteiger partial charge in [-0.1, -0.05) is 50.2 Å². The van der Waals surface area contributed by atoms with Gasteiger partial charge < -0.3 is 10.6 Å². The van der Waals surface area contributed by atoms with Crippen LogP contribution in [0.1, 0.15) is 40.9 Å². The maximum atomic E-state index is 12.4. The van der Waals surface area contributed by atoms with Gasteiger partial charge >= 0.3 is 6.03 Å². The summed E-state index contributed by atoms with van der Waals surface area (Å²) in [5, 5.41) is 5.42. The standard InChI is InChI=1S/C23H28N4O3/c1-3-26(4-2)15-18-7-5-17(6-8-18)13-24-22(29)20-11-9-19(10-12-20)16-27-21(28)14-25-23(27)30/h5-12H,3-4,13-16H2,1-2H3,(H,24,29)(H,25,30). The molecule has 1 aliphatic rings. The van der Waals surface area contributed by atoms with E-state index < -0.39 is 0 Å². The second kappa shape index (κ2) is 10.0. The Morgan fingerprint density at radius 2 is 1.57 bits per heavy atom. The van der Waals surface area contributed by atoms with Crippen molar-refractivity contribution in [1.82, 2.24) is 20.4 Å². The molecular weight excluding hydrogens is 380 g/mol. The van der Waals surface area contributed by atoms with Crippen molar-refractivity contribution in [3.05, 3.63) is 70.8 Å². The van der Waals surface area contributed by atoms with E-state index in [1.807, 2.05) is 12.1 Å². The van der Waals surface area contributed by atoms with Crippen LogP contribution in [-0.4, -0.2) is 47.3 Å². The summed E-state index contributed by atoms with van der Waals surface area (Å²) in [4.78, 5) is 39.2. The molecule has 1 heterocycles. The van der Waals surface area contributed by atoms with Crippen LogP contribution in [0.4, 0.5) is 4.79 Å². The second-order valence-electron chi connectivity index (χ2n) is 7.30. The van der Waals surface area contributed by atoms with Crippen molar-refractivity contribution in [3.8, 4) is 0 Å². The molecule has 0 saturated carbocycles. The predicted molar refractivity (Wildman–Crippen MR) is 115 cm³/mol. The molecule has 0 radical (unpaired) electrons. The number of hydrogen-bond acceptors (Lipinski definition) is 4. The molecule has 4 amide bonds. The first-order chi connectivity index (χ1) is 14.5. The molecule has 2 N–H and O–H groups in total. The molecule has 0 aromatic heterocycles. The Hall–Kier alpha value is -3.19. The van der Waals surface area contributed by atoms with E-state index >= 15 is 0 Å². The highest BCUT2D eigenvalue weighted by atomic mass is 16.2. The second-order valence-corrected chi connectivity index (χ2v) is 7.30. The van der Waals surface area contributed by atoms with Crippen LogP contribution in [0.15, 0.2) is 48.5 Å². The van der Waals surface area contributed by atoms with Gasteiger partial charge in [0.05, 0.1) is 13.1 Å². The molecule has 158 valence electrons. The Morgan fingerprint density at radius 3 is 2.13 bits per heavy atom. The molecule has 3 rings (SSSR count). The number of benzene rings is 2. The van der Waals surface area contributed by atoms with Gasteiger partial charge in [0.15, 0.2) is 0 Å². The highest BCUT2D eigenvalue weighted by molar-refractivity contribution is 6.01. The summed E-state index contributed by atoms with van der Waals surface area (Å²) < 4.78 is 0. The molecule has 7 heteroatoms. The summed E-state index contributed by atoms with van der Waals surface area (Å²) in [5.74, 6) is -0.409. The monoisotopic (exact) mass is 408 g/mol. The number of nitrogens with zero attached hydrogens (tertiary/aromatic N) is 2. The van der Waals surface area contributed by atoms with Crippen LogP contribution in [0.5, 0.6) is 0 Å². The van der Waals surface area contributed by atoms with Crippen molar-refractivity contribution < 1.29 is 14.4 Å². The normalized spacial score (nSPS) is 13.6. The van der Waals surface area contributed by atoms with E-state index in [9.17, 15) is 14.4 Å². The maximum absolute atomic E-state index is 12.4. The van der Waals surface area contributed by atoms with Gasteiger partial charge in [-0.3, -0.25) is 19.4 Å². The number of carbonyl (C=O) groups is 3. The Morgan fingerprint density at radius 1 is 0.967 bits per heavy atom. The summed E-state index contributed by atoms with van der Waals surface area (Å²) in [5.41, 5.74) is 3.63. The molecule has 30 heavy (non-hydrogen) atoms. The van der Waals surface area contributed by atoms with Crippen LogP contribution in [0.25, 0.3) is 0 Å². The number of amides is 4. The molecule has 2 aromatic rings. The Labute approximate surface area is 177 Å². The summed E-state index contributed by atoms with van der Waals surface area (Å²) in [6.07, 6.45) is 0. The number of imide groups is 1. The fourth-order valence-corrected chi connectivity index (χ4v) is 3.31. The molecule has 0 unspecified atom stereocenters. The van der Waals surface area contributed by atoms with E-state index in [1.165, 1.54) is 10.5 Å². The minimum atomic E-state index is -0.384. The Kier molecular flexibility index (Phi) is 7.19. The van der Waals surface area contributed by atoms with Crippen molar-refractivity contribution in [2.24, 2.45) is 0 Å². The van der Waals surface area contributed by atoms with E-state index in [0.717, 1.165) is 30.8 Å². The first kappa shape index (κ1) is 21.5. The first-order valence-electron chi connectivity index (χ1n) is 10.3. The molecule has 2 aromatic carbocycles. The van der Waals surface area contributed by atoms with Gasteiger partial charge in [0, 0.05) is 18.7 Å². The van der Waals surface area contributed by atoms with E-state index in [1.54, 1.807) is 24.3 Å². The van der Waals surface area contributed by atoms with Crippen molar-refractivity contribution in [1.29, 1.82) is 0 Å². The van der Waals surface area contributed by atoms with Crippen molar-refractivity contribution in [3.63, 3.8) is 0 Å². The molecule has 0 spiro atoms. The number of urea groups is 1. The average Bonchev–Trinajstić information content (AvgIpc) is 3.09. The van der Waals surface area contributed by atoms with Gasteiger partial charge in [-0.2, -0.15) is 0 Å². The predicted octanol–water partition coefficient (Wildman–Crippen LogP) is 2.51. The van der Waals surface area contributed by atoms with Crippen molar-refractivity contribution >= 4 is 17.8 Å². The molecule has 7 nitrogen and oxygen atoms in total. The van der Waals surface area contributed by atoms with Crippen LogP contribution < -0.4 is 10.6 Å². The van der Waals surface area contributed by atoms with Crippen molar-refractivity contribution in [2.45, 2.75) is 33.5 Å². The van der Waals surface area contributed by atoms with Gasteiger partial charge in [0.1, 0.15) is 0 Å². The zero-order valence-electron chi connectivity index (χ0n) is 17.5. The van der Waals surface area contributed by atoms with E-state index in [0.29, 0.717) is 12.1 Å². The van der Waals surface area contributed by atoms with Crippen LogP contribution in [-0.2, 0) is 24.4 Å². The lowest BCUT2D eigenvalue weighted by Gasteiger charge is -2.18. The summed E-state index contributed by atoms with van der Waals surface area (Å²) >= 11 is 0. The summed E-state index contributed by atoms with van der Waals surface area (Å²) in [7, 11) is 0. The fraction of sp³-hybridized carbons (Fsp3) is 0.348. The van der Waals surface area contributed by atoms with E-state index in [2.05, 4.69) is 41.5 Å². The quantitative estimate of drug-likeness (QED) is 0.625. The maximum Gasteiger partial charge on any atom is 0.324 e. The van der Waals surface area contributed by atoms with Crippen LogP contribution in [0.2, 0.25) is 0 Å². The zero-order valence-corrected chi connectivity index (χ0v) is 17.5. The van der Waals surface area contributed by atoms with Gasteiger partial charge in [-0.05, 0) is 41.9 Å². The fourth-order valence-electron chi connectivity index (χ4n) is 3.31. The largest absolute Gasteiger partial charge is 0.348 e. The molecule has 0 bridgehead atoms. The lowest BCUT2D eigenvalue weighted by atomic mass is 10.1. The molecular formula is C23H28N4O3. The number of carbonyl (C=O) groups excluding carboxylic acids is 3. The number of nitrogens with one attached hydrogen (secondary N) is 2. The molecule has 0 aliphatic carbocycles. The van der Waals surface area contributed by atoms with Gasteiger partial charge in [-0.25, -0.2) is 4.79 Å². The Balaban J connectivity index is 1.51. The molecule has 1 fully saturated rings. The van der Waals surface area contributed by atoms with Crippen LogP contribution in [0.3, 0.4) is 0 Å². The number of hydrogen-bond donors (Lipinski definition) is 2. The van der Waals surface area contributed by atoms with E-state index in [-0.39, 0.29) is 30.9 Å². The van der Waals surface area contributed by atoms with Gasteiger partial charge in [-0.15, -0.1) is 0 Å². The lowest BCUT2D eigenvalue weighted by Crippen LogP contribution is -2.30. The summed E-state index contributed by atoms with van der Waals surface area (Å²) in [6, 6.07) is 14.8. The van der Waals surface area contributed by atoms with Gasteiger partial charge in [0.25, 0.3) is 5.91 Å². The zero-order chi connectivity index (χ0) is 21.5. The summed E-state index contributed by atoms with van der Waals surface area (Å²) in [6.45, 7) is 7.97. The average molecular weight is 409 g/mol. The SMILES string of the molecule is CCN(CC)Cc1ccc(CNC(=O)c2ccc(CN3C(=O)CNC3=O)cc2)cc1. The number of rotatable bonds is 9. The van der Waals surface area contributed by atoms with Crippen LogP contribution in [0, 0.1) is 0 Å². The molecule has 1 saturated heterocycles. The van der Waals surface area contributed by atoms with Crippen LogP contribution >= 0.6 is 0 Å². The molecule has 0 atom stereocenters. The first-order valence-corrected chi connectivity index (χ1v) is 10.3. The minimum absolute atomic E-state index is 0.0375. The molecule has 1 aliphatic heterocycles. The topological polar surface area (TPSA) is 81.8 Å². The Bertz CT molecular complexity index is 874. The van der Waals surface area contributed by atoms with Crippen molar-refractivity contribution in [2.75, 3.05) is 19.6 Å². The third-order valence-corrected chi connectivity index (χ3v) is 5.27. The minimum Gasteiger partial charge on any atom is -0.348 e. The lowest BCUT2D eigenvalue weighted by molar-refractivity contribution is -0.125. The smallest absolute Gasteiger partial charge is 0.324 e. The van der Waals surface area contributed by atoms with E-state index in [4.69, 9.17) is 0 Å². The highest BCUT2D eigenvalue weighted by Gasteiger charge is 2.28. The highest BCUT2D eigenvalue weighted by Crippen LogP contribution is 2.11. The third-order valence-electron chi connectivity index (χ3n) is 5.27. The third kappa shape index (κ3) is 5.45. The van der Waals surface area contributed by atoms with Gasteiger partial charge in [0.2, 0.25) is 5.91 Å².